The number of thioether (sulfide) groups is 1. The predicted octanol–water partition coefficient (Wildman–Crippen LogP) is 7.03. The molecule has 0 bridgehead atoms. The molecule has 3 aromatic rings. The highest BCUT2D eigenvalue weighted by atomic mass is 35.5. The van der Waals surface area contributed by atoms with Crippen molar-refractivity contribution >= 4 is 46.8 Å². The number of nitrogens with zero attached hydrogens (tertiary/aromatic N) is 1. The van der Waals surface area contributed by atoms with Crippen LogP contribution in [0.5, 0.6) is 0 Å². The second-order valence-corrected chi connectivity index (χ2v) is 10.5. The molecule has 0 spiro atoms. The molecule has 0 unspecified atom stereocenters. The van der Waals surface area contributed by atoms with Gasteiger partial charge in [-0.15, -0.1) is 11.8 Å². The average molecular weight is 544 g/mol. The van der Waals surface area contributed by atoms with E-state index in [0.717, 1.165) is 28.2 Å². The van der Waals surface area contributed by atoms with E-state index in [4.69, 9.17) is 23.2 Å². The van der Waals surface area contributed by atoms with Crippen LogP contribution in [0.15, 0.2) is 83.8 Å². The Hall–Kier alpha value is -2.47. The van der Waals surface area contributed by atoms with Crippen molar-refractivity contribution < 1.29 is 9.59 Å². The van der Waals surface area contributed by atoms with E-state index in [1.807, 2.05) is 85.8 Å². The summed E-state index contributed by atoms with van der Waals surface area (Å²) in [5.74, 6) is 0.592. The van der Waals surface area contributed by atoms with Crippen molar-refractivity contribution in [2.24, 2.45) is 0 Å². The molecular formula is C29H32Cl2N2O2S. The summed E-state index contributed by atoms with van der Waals surface area (Å²) < 4.78 is 0. The van der Waals surface area contributed by atoms with Crippen molar-refractivity contribution in [2.45, 2.75) is 50.1 Å². The van der Waals surface area contributed by atoms with Crippen LogP contribution in [0, 0.1) is 0 Å². The molecule has 2 amide bonds. The molecule has 1 N–H and O–H groups in total. The lowest BCUT2D eigenvalue weighted by atomic mass is 10.0. The minimum atomic E-state index is -0.633. The number of nitrogens with one attached hydrogen (secondary N) is 1. The molecule has 0 radical (unpaired) electrons. The van der Waals surface area contributed by atoms with Crippen LogP contribution >= 0.6 is 35.0 Å². The number of halogens is 2. The Balaban J connectivity index is 1.78. The third-order valence-electron chi connectivity index (χ3n) is 5.74. The van der Waals surface area contributed by atoms with Gasteiger partial charge in [-0.2, -0.15) is 0 Å². The molecule has 0 heterocycles. The third kappa shape index (κ3) is 8.88. The average Bonchev–Trinajstić information content (AvgIpc) is 2.89. The zero-order valence-electron chi connectivity index (χ0n) is 20.5. The summed E-state index contributed by atoms with van der Waals surface area (Å²) in [6.07, 6.45) is 2.30. The van der Waals surface area contributed by atoms with Gasteiger partial charge in [-0.25, -0.2) is 0 Å². The number of hydrogen-bond donors (Lipinski definition) is 1. The van der Waals surface area contributed by atoms with Crippen LogP contribution in [0.3, 0.4) is 0 Å². The minimum absolute atomic E-state index is 0.0563. The van der Waals surface area contributed by atoms with E-state index in [-0.39, 0.29) is 18.4 Å². The van der Waals surface area contributed by atoms with E-state index in [0.29, 0.717) is 35.9 Å². The number of amides is 2. The summed E-state index contributed by atoms with van der Waals surface area (Å²) in [6.45, 7) is 2.85. The number of benzene rings is 3. The summed E-state index contributed by atoms with van der Waals surface area (Å²) in [7, 11) is 0. The predicted molar refractivity (Wildman–Crippen MR) is 151 cm³/mol. The molecule has 1 atom stereocenters. The van der Waals surface area contributed by atoms with Gasteiger partial charge >= 0.3 is 0 Å². The second-order valence-electron chi connectivity index (χ2n) is 8.52. The van der Waals surface area contributed by atoms with Crippen molar-refractivity contribution in [1.82, 2.24) is 10.2 Å². The third-order valence-corrected chi connectivity index (χ3v) is 7.46. The summed E-state index contributed by atoms with van der Waals surface area (Å²) in [5, 5.41) is 4.29. The highest BCUT2D eigenvalue weighted by molar-refractivity contribution is 7.99. The first-order valence-corrected chi connectivity index (χ1v) is 13.9. The molecule has 3 rings (SSSR count). The minimum Gasteiger partial charge on any atom is -0.354 e. The standard InChI is InChI=1S/C29H32Cl2N2O2S/c1-2-18-32-29(35)27(20-22-9-4-3-5-10-22)33(21-23-11-6-7-12-26(23)31)28(34)13-8-19-36-25-16-14-24(30)15-17-25/h3-7,9-12,14-17,27H,2,8,13,18-21H2,1H3,(H,32,35)/t27-/m0/s1. The number of carbonyl (C=O) groups is 2. The molecule has 190 valence electrons. The van der Waals surface area contributed by atoms with E-state index < -0.39 is 6.04 Å². The number of hydrogen-bond acceptors (Lipinski definition) is 3. The zero-order valence-corrected chi connectivity index (χ0v) is 22.8. The normalized spacial score (nSPS) is 11.6. The Labute approximate surface area is 228 Å². The van der Waals surface area contributed by atoms with Gasteiger partial charge in [0.15, 0.2) is 0 Å². The van der Waals surface area contributed by atoms with E-state index in [9.17, 15) is 9.59 Å². The fraction of sp³-hybridized carbons (Fsp3) is 0.310. The van der Waals surface area contributed by atoms with Gasteiger partial charge in [0.25, 0.3) is 0 Å². The molecule has 36 heavy (non-hydrogen) atoms. The summed E-state index contributed by atoms with van der Waals surface area (Å²) in [4.78, 5) is 29.7. The van der Waals surface area contributed by atoms with Gasteiger partial charge in [-0.3, -0.25) is 9.59 Å². The summed E-state index contributed by atoms with van der Waals surface area (Å²) in [5.41, 5.74) is 1.83. The fourth-order valence-electron chi connectivity index (χ4n) is 3.82. The van der Waals surface area contributed by atoms with E-state index >= 15 is 0 Å². The first-order chi connectivity index (χ1) is 17.5. The van der Waals surface area contributed by atoms with Crippen LogP contribution < -0.4 is 5.32 Å². The van der Waals surface area contributed by atoms with E-state index in [2.05, 4.69) is 5.32 Å². The molecular weight excluding hydrogens is 511 g/mol. The highest BCUT2D eigenvalue weighted by Crippen LogP contribution is 2.24. The van der Waals surface area contributed by atoms with E-state index in [1.54, 1.807) is 16.7 Å². The molecule has 0 saturated carbocycles. The molecule has 0 aromatic heterocycles. The van der Waals surface area contributed by atoms with Crippen molar-refractivity contribution in [3.05, 3.63) is 100 Å². The Morgan fingerprint density at radius 1 is 0.944 bits per heavy atom. The SMILES string of the molecule is CCCNC(=O)[C@H](Cc1ccccc1)N(Cc1ccccc1Cl)C(=O)CCCSc1ccc(Cl)cc1. The van der Waals surface area contributed by atoms with Crippen LogP contribution in [-0.4, -0.2) is 35.1 Å². The number of rotatable bonds is 13. The van der Waals surface area contributed by atoms with Crippen molar-refractivity contribution in [2.75, 3.05) is 12.3 Å². The second kappa shape index (κ2) is 14.9. The van der Waals surface area contributed by atoms with Crippen molar-refractivity contribution in [3.63, 3.8) is 0 Å². The number of carbonyl (C=O) groups excluding carboxylic acids is 2. The molecule has 0 saturated heterocycles. The highest BCUT2D eigenvalue weighted by Gasteiger charge is 2.30. The molecule has 0 aliphatic carbocycles. The van der Waals surface area contributed by atoms with Crippen LogP contribution in [0.1, 0.15) is 37.3 Å². The Kier molecular flexibility index (Phi) is 11.7. The van der Waals surface area contributed by atoms with Crippen LogP contribution in [0.2, 0.25) is 10.0 Å². The Morgan fingerprint density at radius 2 is 1.64 bits per heavy atom. The molecule has 0 aliphatic heterocycles. The molecule has 0 fully saturated rings. The van der Waals surface area contributed by atoms with Gasteiger partial charge in [-0.1, -0.05) is 78.7 Å². The maximum atomic E-state index is 13.6. The van der Waals surface area contributed by atoms with Gasteiger partial charge in [0.1, 0.15) is 6.04 Å². The van der Waals surface area contributed by atoms with Crippen LogP contribution in [0.4, 0.5) is 0 Å². The first-order valence-electron chi connectivity index (χ1n) is 12.2. The van der Waals surface area contributed by atoms with Gasteiger partial charge < -0.3 is 10.2 Å². The molecule has 7 heteroatoms. The largest absolute Gasteiger partial charge is 0.354 e. The Morgan fingerprint density at radius 3 is 2.33 bits per heavy atom. The molecule has 3 aromatic carbocycles. The van der Waals surface area contributed by atoms with Crippen molar-refractivity contribution in [1.29, 1.82) is 0 Å². The first kappa shape index (κ1) is 28.1. The zero-order chi connectivity index (χ0) is 25.8. The van der Waals surface area contributed by atoms with Gasteiger partial charge in [0.2, 0.25) is 11.8 Å². The van der Waals surface area contributed by atoms with Crippen molar-refractivity contribution in [3.8, 4) is 0 Å². The fourth-order valence-corrected chi connectivity index (χ4v) is 4.99. The lowest BCUT2D eigenvalue weighted by molar-refractivity contribution is -0.141. The Bertz CT molecular complexity index is 1110. The van der Waals surface area contributed by atoms with Crippen LogP contribution in [-0.2, 0) is 22.6 Å². The summed E-state index contributed by atoms with van der Waals surface area (Å²) >= 11 is 14.1. The van der Waals surface area contributed by atoms with Crippen LogP contribution in [0.25, 0.3) is 0 Å². The molecule has 0 aliphatic rings. The lowest BCUT2D eigenvalue weighted by Gasteiger charge is -2.32. The topological polar surface area (TPSA) is 49.4 Å². The maximum Gasteiger partial charge on any atom is 0.243 e. The van der Waals surface area contributed by atoms with E-state index in [1.165, 1.54) is 0 Å². The quantitative estimate of drug-likeness (QED) is 0.186. The monoisotopic (exact) mass is 542 g/mol. The summed E-state index contributed by atoms with van der Waals surface area (Å²) in [6, 6.07) is 24.3. The lowest BCUT2D eigenvalue weighted by Crippen LogP contribution is -2.50. The van der Waals surface area contributed by atoms with Gasteiger partial charge in [-0.05, 0) is 60.1 Å². The smallest absolute Gasteiger partial charge is 0.243 e. The maximum absolute atomic E-state index is 13.6. The van der Waals surface area contributed by atoms with Gasteiger partial charge in [0, 0.05) is 40.9 Å². The van der Waals surface area contributed by atoms with Gasteiger partial charge in [0.05, 0.1) is 0 Å². The molecule has 4 nitrogen and oxygen atoms in total.